The molecule has 0 heterocycles. The van der Waals surface area contributed by atoms with E-state index in [0.717, 1.165) is 0 Å². The molecule has 0 rings (SSSR count). The highest BCUT2D eigenvalue weighted by molar-refractivity contribution is 7.98. The van der Waals surface area contributed by atoms with Gasteiger partial charge in [0.15, 0.2) is 6.04 Å². The molecule has 109 heavy (non-hydrogen) atoms. The van der Waals surface area contributed by atoms with Crippen LogP contribution >= 0.6 is 11.8 Å². The van der Waals surface area contributed by atoms with Crippen molar-refractivity contribution in [2.75, 3.05) is 57.8 Å². The fourth-order valence-electron chi connectivity index (χ4n) is 10.7. The number of hydrogen-bond donors (Lipinski definition) is 24. The highest BCUT2D eigenvalue weighted by Crippen LogP contribution is 2.14. The molecule has 624 valence electrons. The van der Waals surface area contributed by atoms with E-state index in [2.05, 4.69) is 103 Å². The molecule has 0 radical (unpaired) electrons. The van der Waals surface area contributed by atoms with Gasteiger partial charge in [-0.25, -0.2) is 0 Å². The second-order valence-electron chi connectivity index (χ2n) is 28.3. The van der Waals surface area contributed by atoms with Crippen molar-refractivity contribution in [3.05, 3.63) is 0 Å². The summed E-state index contributed by atoms with van der Waals surface area (Å²) in [5.41, 5.74) is 26.6. The molecule has 0 fully saturated rings. The minimum absolute atomic E-state index is 0.0181. The van der Waals surface area contributed by atoms with E-state index < -0.39 is 199 Å². The number of unbranched alkanes of at least 4 members (excludes halogenated alkanes) is 3. The van der Waals surface area contributed by atoms with Crippen LogP contribution in [0, 0.1) is 17.8 Å². The second-order valence-corrected chi connectivity index (χ2v) is 29.3. The first-order chi connectivity index (χ1) is 51.2. The third kappa shape index (κ3) is 44.7. The Morgan fingerprint density at radius 1 is 0.367 bits per heavy atom. The molecule has 0 unspecified atom stereocenters. The van der Waals surface area contributed by atoms with Crippen LogP contribution < -0.4 is 114 Å². The lowest BCUT2D eigenvalue weighted by molar-refractivity contribution is -0.405. The van der Waals surface area contributed by atoms with Gasteiger partial charge in [-0.15, -0.1) is 0 Å². The summed E-state index contributed by atoms with van der Waals surface area (Å²) in [6.07, 6.45) is 2.26. The second kappa shape index (κ2) is 55.9. The fourth-order valence-corrected chi connectivity index (χ4v) is 11.2. The average molecular weight is 1580 g/mol. The van der Waals surface area contributed by atoms with Crippen molar-refractivity contribution in [3.8, 4) is 0 Å². The SMILES string of the molecule is CSCC[C@H](NC(=O)CNC(=O)[C@H](C)NC(=O)[C@@H]([NH3+])CCC(=O)O)C(=O)N[C@H](C(=O)N[C@@H](CC(C)C)C(=O)NCC(=O)N[C@@H](C)C(=O)N[C@@H](CCCNC(N)N)C(=O)N[C@@H](CCCC[NH3+])C(=O)N[C@@H](CC(C)C)C(=O)N[C@@H](CCCC[NH3+])C(=O)N[C@@H](CCCC[NH3+])C(=O)N[C@@H](CC(C)C)C(=O)NCC(=O)O)[C@@H](C)O. The molecule has 0 aliphatic carbocycles. The van der Waals surface area contributed by atoms with Crippen molar-refractivity contribution in [1.82, 2.24) is 79.8 Å². The molecule has 0 aromatic carbocycles. The lowest BCUT2D eigenvalue weighted by atomic mass is 10.00. The summed E-state index contributed by atoms with van der Waals surface area (Å²) in [4.78, 5) is 214. The predicted octanol–water partition coefficient (Wildman–Crippen LogP) is -9.65. The van der Waals surface area contributed by atoms with E-state index in [1.54, 1.807) is 34.0 Å². The third-order valence-corrected chi connectivity index (χ3v) is 17.4. The number of quaternary nitrogens is 4. The fraction of sp³-hybridized carbons (Fsp3) is 0.765. The maximum absolute atomic E-state index is 14.6. The number of carbonyl (C=O) groups is 16. The predicted molar refractivity (Wildman–Crippen MR) is 400 cm³/mol. The Morgan fingerprint density at radius 2 is 0.716 bits per heavy atom. The standard InChI is InChI=1S/C68H127N21O19S/c1-36(2)30-48(60(101)78-35-54(95)96)86-63(104)44(19-12-15-26-70)83-61(102)43(18-11-14-25-69)85-66(107)50(32-38(5)6)87-64(105)45(20-13-16-27-71)84-62(103)46(21-17-28-75-68(73)74)82-57(98)40(8)79-51(91)33-77-59(100)49(31-37(3)4)88-67(108)55(41(9)90)89-65(106)47(24-29-109-10)81-52(92)34-76-56(97)39(7)80-58(99)42(72)22-23-53(93)94/h36-50,55,68,75,90H,11-35,69-74H2,1-10H3,(H,76,97)(H,77,100)(H,78,101)(H,79,91)(H,80,99)(H,81,92)(H,82,98)(H,83,102)(H,84,103)(H,85,107)(H,86,104)(H,87,105)(H,88,108)(H,89,106)(H,93,94)(H,95,96)/p+4/t39-,40-,41+,42-,43-,44-,45-,46-,47-,48-,49-,50-,55-/m0/s1. The van der Waals surface area contributed by atoms with Gasteiger partial charge >= 0.3 is 11.9 Å². The number of amides is 14. The minimum atomic E-state index is -1.70. The molecule has 0 bridgehead atoms. The lowest BCUT2D eigenvalue weighted by Crippen LogP contribution is -2.68. The first-order valence-corrected chi connectivity index (χ1v) is 38.8. The van der Waals surface area contributed by atoms with Crippen LogP contribution in [0.1, 0.15) is 171 Å². The van der Waals surface area contributed by atoms with Gasteiger partial charge < -0.3 is 124 Å². The number of aliphatic hydroxyl groups is 1. The Morgan fingerprint density at radius 3 is 1.11 bits per heavy atom. The molecule has 0 saturated carbocycles. The molecule has 0 aromatic rings. The summed E-state index contributed by atoms with van der Waals surface area (Å²) >= 11 is 1.32. The Kier molecular flexibility index (Phi) is 51.5. The molecule has 0 aliphatic rings. The molecule has 41 heteroatoms. The summed E-state index contributed by atoms with van der Waals surface area (Å²) in [5.74, 6) is -14.2. The van der Waals surface area contributed by atoms with E-state index in [1.807, 2.05) is 13.8 Å². The van der Waals surface area contributed by atoms with Gasteiger partial charge in [-0.1, -0.05) is 41.5 Å². The van der Waals surface area contributed by atoms with E-state index in [4.69, 9.17) is 16.6 Å². The van der Waals surface area contributed by atoms with Crippen LogP contribution in [0.4, 0.5) is 0 Å². The van der Waals surface area contributed by atoms with E-state index in [1.165, 1.54) is 32.5 Å². The van der Waals surface area contributed by atoms with Crippen molar-refractivity contribution in [2.45, 2.75) is 256 Å². The van der Waals surface area contributed by atoms with Crippen LogP contribution in [-0.4, -0.2) is 253 Å². The van der Waals surface area contributed by atoms with E-state index in [9.17, 15) is 86.9 Å². The van der Waals surface area contributed by atoms with Gasteiger partial charge in [0.25, 0.3) is 5.91 Å². The molecule has 0 saturated heterocycles. The van der Waals surface area contributed by atoms with Crippen molar-refractivity contribution in [3.63, 3.8) is 0 Å². The lowest BCUT2D eigenvalue weighted by Gasteiger charge is -2.28. The van der Waals surface area contributed by atoms with Crippen molar-refractivity contribution >= 4 is 106 Å². The molecule has 0 spiro atoms. The smallest absolute Gasteiger partial charge is 0.322 e. The van der Waals surface area contributed by atoms with Gasteiger partial charge in [-0.05, 0) is 153 Å². The Balaban J connectivity index is 6.64. The van der Waals surface area contributed by atoms with Crippen LogP contribution in [0.25, 0.3) is 0 Å². The van der Waals surface area contributed by atoms with Gasteiger partial charge in [0, 0.05) is 6.42 Å². The normalized spacial score (nSPS) is 14.9. The molecule has 34 N–H and O–H groups in total. The molecule has 0 aliphatic heterocycles. The van der Waals surface area contributed by atoms with Gasteiger partial charge in [-0.3, -0.25) is 82.0 Å². The maximum Gasteiger partial charge on any atom is 0.322 e. The number of carboxylic acid groups (broad SMARTS) is 2. The van der Waals surface area contributed by atoms with Crippen LogP contribution in [0.5, 0.6) is 0 Å². The third-order valence-electron chi connectivity index (χ3n) is 16.8. The number of aliphatic carboxylic acids is 2. The number of aliphatic hydroxyl groups excluding tert-OH is 1. The topological polar surface area (TPSA) is 677 Å². The molecule has 0 aromatic heterocycles. The van der Waals surface area contributed by atoms with Gasteiger partial charge in [0.05, 0.1) is 45.2 Å². The molecule has 40 nitrogen and oxygen atoms in total. The number of rotatable bonds is 59. The monoisotopic (exact) mass is 1580 g/mol. The number of carboxylic acids is 2. The number of nitrogens with two attached hydrogens (primary N) is 2. The first kappa shape index (κ1) is 101. The van der Waals surface area contributed by atoms with Crippen molar-refractivity contribution < 1.29 is 115 Å². The Hall–Kier alpha value is -8.45. The van der Waals surface area contributed by atoms with Crippen LogP contribution in [0.15, 0.2) is 0 Å². The average Bonchev–Trinajstić information content (AvgIpc) is 0.862. The summed E-state index contributed by atoms with van der Waals surface area (Å²) in [5, 5.41) is 67.3. The minimum Gasteiger partial charge on any atom is -0.481 e. The number of carbonyl (C=O) groups excluding carboxylic acids is 14. The molecule has 14 amide bonds. The molecular weight excluding hydrogens is 1450 g/mol. The van der Waals surface area contributed by atoms with E-state index in [-0.39, 0.29) is 94.9 Å². The van der Waals surface area contributed by atoms with Gasteiger partial charge in [0.1, 0.15) is 79.3 Å². The zero-order chi connectivity index (χ0) is 83.0. The largest absolute Gasteiger partial charge is 0.481 e. The number of hydrogen-bond acceptors (Lipinski definition) is 21. The summed E-state index contributed by atoms with van der Waals surface area (Å²) in [7, 11) is 0. The summed E-state index contributed by atoms with van der Waals surface area (Å²) in [6, 6.07) is -15.5. The Labute approximate surface area is 642 Å². The maximum atomic E-state index is 14.6. The van der Waals surface area contributed by atoms with Crippen molar-refractivity contribution in [2.24, 2.45) is 29.2 Å². The number of nitrogens with one attached hydrogen (secondary N) is 15. The zero-order valence-corrected chi connectivity index (χ0v) is 66.1. The van der Waals surface area contributed by atoms with Gasteiger partial charge in [-0.2, -0.15) is 11.8 Å². The van der Waals surface area contributed by atoms with Crippen LogP contribution in [0.3, 0.4) is 0 Å². The summed E-state index contributed by atoms with van der Waals surface area (Å²) in [6.45, 7) is 14.1. The quantitative estimate of drug-likeness (QED) is 0.0199. The molecule has 13 atom stereocenters. The van der Waals surface area contributed by atoms with E-state index >= 15 is 0 Å². The highest BCUT2D eigenvalue weighted by Gasteiger charge is 2.37. The van der Waals surface area contributed by atoms with Gasteiger partial charge in [0.2, 0.25) is 76.8 Å². The Bertz CT molecular complexity index is 2920. The van der Waals surface area contributed by atoms with E-state index in [0.29, 0.717) is 63.9 Å². The van der Waals surface area contributed by atoms with Crippen molar-refractivity contribution in [1.29, 1.82) is 0 Å². The van der Waals surface area contributed by atoms with Crippen LogP contribution in [-0.2, 0) is 76.7 Å². The zero-order valence-electron chi connectivity index (χ0n) is 65.3. The number of thioether (sulfide) groups is 1. The first-order valence-electron chi connectivity index (χ1n) is 37.4. The van der Waals surface area contributed by atoms with Crippen LogP contribution in [0.2, 0.25) is 0 Å². The summed E-state index contributed by atoms with van der Waals surface area (Å²) < 4.78 is 0. The molecular formula is C68H131N21O19S+4. The highest BCUT2D eigenvalue weighted by atomic mass is 32.2.